The molecule has 0 saturated heterocycles. The maximum absolute atomic E-state index is 13.5. The van der Waals surface area contributed by atoms with Crippen LogP contribution in [0.4, 0.5) is 26.3 Å². The van der Waals surface area contributed by atoms with Crippen LogP contribution in [0.3, 0.4) is 0 Å². The Hall–Kier alpha value is -2.81. The fourth-order valence-corrected chi connectivity index (χ4v) is 2.92. The molecule has 5 nitrogen and oxygen atoms in total. The number of hydrogen-bond donors (Lipinski definition) is 1. The van der Waals surface area contributed by atoms with Crippen molar-refractivity contribution in [2.75, 3.05) is 0 Å². The Morgan fingerprint density at radius 2 is 1.42 bits per heavy atom. The minimum atomic E-state index is -5.18. The molecule has 0 aliphatic rings. The van der Waals surface area contributed by atoms with Crippen LogP contribution in [0.2, 0.25) is 0 Å². The number of halogens is 6. The van der Waals surface area contributed by atoms with Crippen LogP contribution in [0.25, 0.3) is 11.3 Å². The molecule has 33 heavy (non-hydrogen) atoms. The maximum atomic E-state index is 13.5. The molecule has 0 aliphatic heterocycles. The van der Waals surface area contributed by atoms with E-state index in [-0.39, 0.29) is 43.8 Å². The van der Waals surface area contributed by atoms with Gasteiger partial charge in [0.15, 0.2) is 0 Å². The third kappa shape index (κ3) is 5.58. The number of aromatic nitrogens is 3. The van der Waals surface area contributed by atoms with Gasteiger partial charge in [0.25, 0.3) is 0 Å². The van der Waals surface area contributed by atoms with Gasteiger partial charge in [-0.15, -0.1) is 12.1 Å². The van der Waals surface area contributed by atoms with Gasteiger partial charge in [0.05, 0.1) is 17.1 Å². The maximum Gasteiger partial charge on any atom is 0.397 e. The van der Waals surface area contributed by atoms with Crippen LogP contribution < -0.4 is 0 Å². The zero-order valence-corrected chi connectivity index (χ0v) is 19.1. The topological polar surface area (TPSA) is 76.0 Å². The molecule has 3 aromatic heterocycles. The average Bonchev–Trinajstić information content (AvgIpc) is 2.72. The number of rotatable bonds is 4. The first-order valence-electron chi connectivity index (χ1n) is 8.97. The largest absolute Gasteiger partial charge is 0.477 e. The summed E-state index contributed by atoms with van der Waals surface area (Å²) >= 11 is 0. The number of alkyl halides is 6. The molecule has 3 rings (SSSR count). The van der Waals surface area contributed by atoms with Crippen molar-refractivity contribution in [3.8, 4) is 11.3 Å². The molecular formula is C21H14F6N3O2Pt-. The molecule has 0 unspecified atom stereocenters. The van der Waals surface area contributed by atoms with Gasteiger partial charge in [-0.05, 0) is 37.7 Å². The zero-order valence-electron chi connectivity index (χ0n) is 16.8. The molecule has 1 N–H and O–H groups in total. The second-order valence-corrected chi connectivity index (χ2v) is 7.25. The van der Waals surface area contributed by atoms with E-state index in [9.17, 15) is 31.1 Å². The van der Waals surface area contributed by atoms with Crippen molar-refractivity contribution in [1.29, 1.82) is 0 Å². The van der Waals surface area contributed by atoms with Crippen molar-refractivity contribution in [3.63, 3.8) is 0 Å². The van der Waals surface area contributed by atoms with Crippen LogP contribution >= 0.6 is 0 Å². The zero-order chi connectivity index (χ0) is 23.9. The SMILES string of the molecule is CC(C)(c1cccc(C(=O)O)n1)c1cccc(-c2[c-]cc(C(F)(F)F)nc2C(F)(F)F)n1.[Pt]. The Morgan fingerprint density at radius 3 is 1.97 bits per heavy atom. The second kappa shape index (κ2) is 9.21. The van der Waals surface area contributed by atoms with E-state index < -0.39 is 40.7 Å². The predicted octanol–water partition coefficient (Wildman–Crippen LogP) is 5.40. The van der Waals surface area contributed by atoms with Crippen LogP contribution in [0, 0.1) is 6.07 Å². The Balaban J connectivity index is 0.00000385. The summed E-state index contributed by atoms with van der Waals surface area (Å²) in [6, 6.07) is 10.7. The number of nitrogens with zero attached hydrogens (tertiary/aromatic N) is 3. The van der Waals surface area contributed by atoms with Gasteiger partial charge in [0, 0.05) is 32.2 Å². The molecule has 0 spiro atoms. The number of hydrogen-bond acceptors (Lipinski definition) is 4. The van der Waals surface area contributed by atoms with E-state index in [2.05, 4.69) is 15.0 Å². The van der Waals surface area contributed by atoms with E-state index in [0.717, 1.165) is 0 Å². The molecule has 0 aromatic carbocycles. The van der Waals surface area contributed by atoms with E-state index in [0.29, 0.717) is 6.07 Å². The Bertz CT molecular complexity index is 1180. The molecule has 3 aromatic rings. The van der Waals surface area contributed by atoms with Crippen LogP contribution in [0.5, 0.6) is 0 Å². The van der Waals surface area contributed by atoms with Gasteiger partial charge < -0.3 is 15.1 Å². The number of aromatic carboxylic acids is 1. The molecular weight excluding hydrogens is 635 g/mol. The number of pyridine rings is 3. The molecule has 178 valence electrons. The molecule has 0 atom stereocenters. The Morgan fingerprint density at radius 1 is 0.848 bits per heavy atom. The summed E-state index contributed by atoms with van der Waals surface area (Å²) < 4.78 is 79.1. The van der Waals surface area contributed by atoms with Crippen molar-refractivity contribution < 1.29 is 57.3 Å². The van der Waals surface area contributed by atoms with Gasteiger partial charge in [-0.3, -0.25) is 0 Å². The second-order valence-electron chi connectivity index (χ2n) is 7.25. The van der Waals surface area contributed by atoms with E-state index in [1.54, 1.807) is 13.8 Å². The van der Waals surface area contributed by atoms with Gasteiger partial charge in [-0.1, -0.05) is 23.8 Å². The van der Waals surface area contributed by atoms with Crippen molar-refractivity contribution in [2.24, 2.45) is 0 Å². The predicted molar refractivity (Wildman–Crippen MR) is 99.6 cm³/mol. The summed E-state index contributed by atoms with van der Waals surface area (Å²) in [5.41, 5.74) is -5.29. The molecule has 3 heterocycles. The summed E-state index contributed by atoms with van der Waals surface area (Å²) in [6.45, 7) is 3.26. The average molecular weight is 649 g/mol. The number of carbonyl (C=O) groups is 1. The standard InChI is InChI=1S/C21H14F6N3O2.Pt/c1-19(2,15-8-4-6-13(29-15)18(31)32)14-7-3-5-12(28-14)11-9-10-16(20(22,23)24)30-17(11)21(25,26)27;/h3-8,10H,1-2H3,(H,31,32);/q-1;. The Kier molecular flexibility index (Phi) is 7.38. The van der Waals surface area contributed by atoms with Crippen LogP contribution in [-0.4, -0.2) is 26.0 Å². The molecule has 0 fully saturated rings. The van der Waals surface area contributed by atoms with Gasteiger partial charge in [0.2, 0.25) is 0 Å². The van der Waals surface area contributed by atoms with Crippen LogP contribution in [-0.2, 0) is 38.8 Å². The molecule has 0 aliphatic carbocycles. The van der Waals surface area contributed by atoms with Gasteiger partial charge in [-0.2, -0.15) is 26.3 Å². The van der Waals surface area contributed by atoms with E-state index >= 15 is 0 Å². The van der Waals surface area contributed by atoms with Gasteiger partial charge >= 0.3 is 18.3 Å². The fourth-order valence-electron chi connectivity index (χ4n) is 2.92. The van der Waals surface area contributed by atoms with Crippen molar-refractivity contribution in [1.82, 2.24) is 15.0 Å². The van der Waals surface area contributed by atoms with Gasteiger partial charge in [0.1, 0.15) is 5.69 Å². The van der Waals surface area contributed by atoms with Crippen LogP contribution in [0.1, 0.15) is 47.1 Å². The molecule has 0 bridgehead atoms. The van der Waals surface area contributed by atoms with Crippen molar-refractivity contribution in [3.05, 3.63) is 77.0 Å². The summed E-state index contributed by atoms with van der Waals surface area (Å²) in [5, 5.41) is 9.15. The van der Waals surface area contributed by atoms with Crippen molar-refractivity contribution >= 4 is 5.97 Å². The third-order valence-electron chi connectivity index (χ3n) is 4.64. The molecule has 0 radical (unpaired) electrons. The molecule has 0 saturated carbocycles. The van der Waals surface area contributed by atoms with E-state index in [1.807, 2.05) is 6.07 Å². The smallest absolute Gasteiger partial charge is 0.397 e. The normalized spacial score (nSPS) is 12.2. The Labute approximate surface area is 198 Å². The van der Waals surface area contributed by atoms with Crippen molar-refractivity contribution in [2.45, 2.75) is 31.6 Å². The quantitative estimate of drug-likeness (QED) is 0.303. The fraction of sp³-hybridized carbons (Fsp3) is 0.238. The number of carboxylic acid groups (broad SMARTS) is 1. The first kappa shape index (κ1) is 26.4. The number of carboxylic acids is 1. The third-order valence-corrected chi connectivity index (χ3v) is 4.64. The summed E-state index contributed by atoms with van der Waals surface area (Å²) in [7, 11) is 0. The molecule has 0 amide bonds. The minimum Gasteiger partial charge on any atom is -0.477 e. The first-order valence-corrected chi connectivity index (χ1v) is 8.97. The van der Waals surface area contributed by atoms with Crippen LogP contribution in [0.15, 0.2) is 42.5 Å². The van der Waals surface area contributed by atoms with E-state index in [1.165, 1.54) is 36.4 Å². The molecule has 12 heteroatoms. The van der Waals surface area contributed by atoms with E-state index in [4.69, 9.17) is 5.11 Å². The van der Waals surface area contributed by atoms with Gasteiger partial charge in [-0.25, -0.2) is 9.78 Å². The summed E-state index contributed by atoms with van der Waals surface area (Å²) in [5.74, 6) is -1.26. The monoisotopic (exact) mass is 649 g/mol. The summed E-state index contributed by atoms with van der Waals surface area (Å²) in [4.78, 5) is 22.2. The minimum absolute atomic E-state index is 0. The summed E-state index contributed by atoms with van der Waals surface area (Å²) in [6.07, 6.45) is -10.3. The first-order chi connectivity index (χ1) is 14.7.